The second-order valence-corrected chi connectivity index (χ2v) is 4.76. The first-order chi connectivity index (χ1) is 10.3. The summed E-state index contributed by atoms with van der Waals surface area (Å²) in [6.45, 7) is 1.39. The number of aromatic nitrogens is 3. The van der Waals surface area contributed by atoms with Gasteiger partial charge in [0.25, 0.3) is 0 Å². The van der Waals surface area contributed by atoms with Gasteiger partial charge in [0, 0.05) is 18.1 Å². The quantitative estimate of drug-likeness (QED) is 0.754. The van der Waals surface area contributed by atoms with E-state index in [2.05, 4.69) is 27.5 Å². The van der Waals surface area contributed by atoms with Crippen LogP contribution in [0.1, 0.15) is 11.3 Å². The molecule has 2 heterocycles. The van der Waals surface area contributed by atoms with Crippen molar-refractivity contribution in [3.05, 3.63) is 72.3 Å². The molecule has 0 radical (unpaired) electrons. The van der Waals surface area contributed by atoms with Crippen molar-refractivity contribution in [2.45, 2.75) is 13.1 Å². The molecule has 2 N–H and O–H groups in total. The molecule has 0 amide bonds. The summed E-state index contributed by atoms with van der Waals surface area (Å²) < 4.78 is 1.89. The highest BCUT2D eigenvalue weighted by molar-refractivity contribution is 5.45. The molecule has 0 unspecified atom stereocenters. The van der Waals surface area contributed by atoms with Gasteiger partial charge in [-0.2, -0.15) is 5.10 Å². The minimum absolute atomic E-state index is 0.182. The summed E-state index contributed by atoms with van der Waals surface area (Å²) in [6.07, 6.45) is 5.17. The summed E-state index contributed by atoms with van der Waals surface area (Å²) in [7, 11) is 0. The molecule has 3 aromatic rings. The van der Waals surface area contributed by atoms with Crippen LogP contribution in [0.5, 0.6) is 5.75 Å². The topological polar surface area (TPSA) is 63.0 Å². The SMILES string of the molecule is Oc1ccc(CNc2ccc(Cn3cccn3)cc2)nc1. The number of pyridine rings is 1. The lowest BCUT2D eigenvalue weighted by Crippen LogP contribution is -2.02. The van der Waals surface area contributed by atoms with Crippen LogP contribution in [0.2, 0.25) is 0 Å². The lowest BCUT2D eigenvalue weighted by Gasteiger charge is -2.07. The van der Waals surface area contributed by atoms with Gasteiger partial charge in [0.05, 0.1) is 25.0 Å². The van der Waals surface area contributed by atoms with E-state index < -0.39 is 0 Å². The maximum Gasteiger partial charge on any atom is 0.133 e. The zero-order valence-corrected chi connectivity index (χ0v) is 11.5. The first-order valence-corrected chi connectivity index (χ1v) is 6.74. The van der Waals surface area contributed by atoms with Gasteiger partial charge in [-0.1, -0.05) is 12.1 Å². The fourth-order valence-electron chi connectivity index (χ4n) is 2.02. The minimum Gasteiger partial charge on any atom is -0.506 e. The van der Waals surface area contributed by atoms with E-state index in [0.717, 1.165) is 17.9 Å². The number of rotatable bonds is 5. The molecule has 0 fully saturated rings. The number of aromatic hydroxyl groups is 1. The smallest absolute Gasteiger partial charge is 0.133 e. The van der Waals surface area contributed by atoms with E-state index in [9.17, 15) is 5.11 Å². The van der Waals surface area contributed by atoms with Crippen LogP contribution in [-0.4, -0.2) is 19.9 Å². The Morgan fingerprint density at radius 1 is 1.10 bits per heavy atom. The zero-order chi connectivity index (χ0) is 14.5. The second kappa shape index (κ2) is 6.09. The van der Waals surface area contributed by atoms with Gasteiger partial charge < -0.3 is 10.4 Å². The summed E-state index contributed by atoms with van der Waals surface area (Å²) in [5.41, 5.74) is 3.12. The number of anilines is 1. The lowest BCUT2D eigenvalue weighted by molar-refractivity contribution is 0.472. The molecule has 5 nitrogen and oxygen atoms in total. The van der Waals surface area contributed by atoms with Crippen LogP contribution in [0.25, 0.3) is 0 Å². The van der Waals surface area contributed by atoms with E-state index in [1.807, 2.05) is 29.1 Å². The first kappa shape index (κ1) is 13.2. The Hall–Kier alpha value is -2.82. The monoisotopic (exact) mass is 280 g/mol. The largest absolute Gasteiger partial charge is 0.506 e. The Balaban J connectivity index is 1.58. The van der Waals surface area contributed by atoms with Gasteiger partial charge in [-0.3, -0.25) is 9.67 Å². The number of hydrogen-bond acceptors (Lipinski definition) is 4. The third-order valence-corrected chi connectivity index (χ3v) is 3.14. The van der Waals surface area contributed by atoms with Gasteiger partial charge in [-0.15, -0.1) is 0 Å². The van der Waals surface area contributed by atoms with E-state index >= 15 is 0 Å². The van der Waals surface area contributed by atoms with Crippen LogP contribution >= 0.6 is 0 Å². The van der Waals surface area contributed by atoms with Crippen molar-refractivity contribution in [1.82, 2.24) is 14.8 Å². The minimum atomic E-state index is 0.182. The summed E-state index contributed by atoms with van der Waals surface area (Å²) in [6, 6.07) is 13.6. The molecule has 0 saturated heterocycles. The predicted octanol–water partition coefficient (Wildman–Crippen LogP) is 2.64. The highest BCUT2D eigenvalue weighted by Gasteiger charge is 1.98. The molecule has 21 heavy (non-hydrogen) atoms. The molecule has 0 atom stereocenters. The fourth-order valence-corrected chi connectivity index (χ4v) is 2.02. The van der Waals surface area contributed by atoms with Crippen LogP contribution in [-0.2, 0) is 13.1 Å². The molecule has 1 aromatic carbocycles. The average Bonchev–Trinajstić information content (AvgIpc) is 3.01. The molecule has 0 aliphatic carbocycles. The Morgan fingerprint density at radius 2 is 1.95 bits per heavy atom. The van der Waals surface area contributed by atoms with Crippen molar-refractivity contribution in [3.8, 4) is 5.75 Å². The maximum absolute atomic E-state index is 9.19. The Labute approximate surface area is 122 Å². The Kier molecular flexibility index (Phi) is 3.82. The van der Waals surface area contributed by atoms with Crippen LogP contribution in [0.4, 0.5) is 5.69 Å². The average molecular weight is 280 g/mol. The molecule has 0 aliphatic heterocycles. The van der Waals surface area contributed by atoms with E-state index in [1.165, 1.54) is 11.8 Å². The summed E-state index contributed by atoms with van der Waals surface area (Å²) >= 11 is 0. The van der Waals surface area contributed by atoms with Crippen molar-refractivity contribution in [1.29, 1.82) is 0 Å². The fraction of sp³-hybridized carbons (Fsp3) is 0.125. The van der Waals surface area contributed by atoms with E-state index in [-0.39, 0.29) is 5.75 Å². The molecule has 0 spiro atoms. The summed E-state index contributed by atoms with van der Waals surface area (Å²) in [5, 5.41) is 16.7. The Morgan fingerprint density at radius 3 is 2.62 bits per heavy atom. The number of nitrogens with one attached hydrogen (secondary N) is 1. The van der Waals surface area contributed by atoms with Crippen LogP contribution in [0, 0.1) is 0 Å². The van der Waals surface area contributed by atoms with E-state index in [0.29, 0.717) is 6.54 Å². The number of nitrogens with zero attached hydrogens (tertiary/aromatic N) is 3. The van der Waals surface area contributed by atoms with Gasteiger partial charge in [0.15, 0.2) is 0 Å². The van der Waals surface area contributed by atoms with Crippen molar-refractivity contribution in [2.75, 3.05) is 5.32 Å². The summed E-state index contributed by atoms with van der Waals surface area (Å²) in [5.74, 6) is 0.182. The standard InChI is InChI=1S/C16H16N4O/c21-16-7-6-15(18-11-16)10-17-14-4-2-13(3-5-14)12-20-9-1-8-19-20/h1-9,11,17,21H,10,12H2. The molecular weight excluding hydrogens is 264 g/mol. The normalized spacial score (nSPS) is 10.5. The highest BCUT2D eigenvalue weighted by Crippen LogP contribution is 2.12. The molecule has 2 aromatic heterocycles. The molecule has 5 heteroatoms. The van der Waals surface area contributed by atoms with Crippen LogP contribution in [0.15, 0.2) is 61.1 Å². The number of benzene rings is 1. The van der Waals surface area contributed by atoms with E-state index in [4.69, 9.17) is 0 Å². The van der Waals surface area contributed by atoms with Crippen LogP contribution in [0.3, 0.4) is 0 Å². The van der Waals surface area contributed by atoms with Gasteiger partial charge in [-0.25, -0.2) is 0 Å². The number of hydrogen-bond donors (Lipinski definition) is 2. The van der Waals surface area contributed by atoms with Gasteiger partial charge in [0.1, 0.15) is 5.75 Å². The molecular formula is C16H16N4O. The van der Waals surface area contributed by atoms with Crippen LogP contribution < -0.4 is 5.32 Å². The first-order valence-electron chi connectivity index (χ1n) is 6.74. The van der Waals surface area contributed by atoms with Gasteiger partial charge in [-0.05, 0) is 35.9 Å². The second-order valence-electron chi connectivity index (χ2n) is 4.76. The molecule has 3 rings (SSSR count). The molecule has 0 aliphatic rings. The molecule has 0 bridgehead atoms. The predicted molar refractivity (Wildman–Crippen MR) is 81.0 cm³/mol. The van der Waals surface area contributed by atoms with E-state index in [1.54, 1.807) is 18.3 Å². The van der Waals surface area contributed by atoms with Crippen molar-refractivity contribution in [2.24, 2.45) is 0 Å². The third kappa shape index (κ3) is 3.60. The van der Waals surface area contributed by atoms with Crippen molar-refractivity contribution < 1.29 is 5.11 Å². The maximum atomic E-state index is 9.19. The Bertz CT molecular complexity index is 675. The van der Waals surface area contributed by atoms with Gasteiger partial charge >= 0.3 is 0 Å². The van der Waals surface area contributed by atoms with Crippen molar-refractivity contribution in [3.63, 3.8) is 0 Å². The van der Waals surface area contributed by atoms with Gasteiger partial charge in [0.2, 0.25) is 0 Å². The molecule has 0 saturated carbocycles. The zero-order valence-electron chi connectivity index (χ0n) is 11.5. The lowest BCUT2D eigenvalue weighted by atomic mass is 10.2. The summed E-state index contributed by atoms with van der Waals surface area (Å²) in [4.78, 5) is 4.14. The molecule has 106 valence electrons. The van der Waals surface area contributed by atoms with Crippen molar-refractivity contribution >= 4 is 5.69 Å². The third-order valence-electron chi connectivity index (χ3n) is 3.14. The highest BCUT2D eigenvalue weighted by atomic mass is 16.3.